The molecule has 0 unspecified atom stereocenters. The quantitative estimate of drug-likeness (QED) is 0.593. The van der Waals surface area contributed by atoms with Gasteiger partial charge in [0.2, 0.25) is 5.91 Å². The zero-order valence-electron chi connectivity index (χ0n) is 16.5. The van der Waals surface area contributed by atoms with Crippen LogP contribution in [0.25, 0.3) is 0 Å². The molecule has 0 aliphatic carbocycles. The lowest BCUT2D eigenvalue weighted by molar-refractivity contribution is -0.130. The lowest BCUT2D eigenvalue weighted by Crippen LogP contribution is -2.45. The summed E-state index contributed by atoms with van der Waals surface area (Å²) in [5, 5.41) is 6.43. The van der Waals surface area contributed by atoms with Crippen molar-refractivity contribution in [1.29, 1.82) is 0 Å². The van der Waals surface area contributed by atoms with Gasteiger partial charge in [-0.15, -0.1) is 0 Å². The molecular formula is C21H33N5O. The number of rotatable bonds is 6. The molecule has 1 aromatic rings. The Balaban J connectivity index is 1.40. The Labute approximate surface area is 163 Å². The second-order valence-electron chi connectivity index (χ2n) is 7.52. The highest BCUT2D eigenvalue weighted by atomic mass is 16.2. The van der Waals surface area contributed by atoms with E-state index in [1.54, 1.807) is 7.05 Å². The highest BCUT2D eigenvalue weighted by Gasteiger charge is 2.16. The SMILES string of the molecule is CN=C(NCC(=O)N1CCCCC1)NCc1ccc(CN2CCCC2)cc1. The van der Waals surface area contributed by atoms with Crippen LogP contribution in [0.2, 0.25) is 0 Å². The summed E-state index contributed by atoms with van der Waals surface area (Å²) in [5.41, 5.74) is 2.58. The van der Waals surface area contributed by atoms with Gasteiger partial charge < -0.3 is 15.5 Å². The fourth-order valence-electron chi connectivity index (χ4n) is 3.78. The average Bonchev–Trinajstić information content (AvgIpc) is 3.23. The van der Waals surface area contributed by atoms with Gasteiger partial charge in [-0.1, -0.05) is 24.3 Å². The highest BCUT2D eigenvalue weighted by molar-refractivity contribution is 5.86. The van der Waals surface area contributed by atoms with Crippen LogP contribution >= 0.6 is 0 Å². The summed E-state index contributed by atoms with van der Waals surface area (Å²) in [6.07, 6.45) is 6.12. The average molecular weight is 372 g/mol. The van der Waals surface area contributed by atoms with Crippen molar-refractivity contribution in [3.8, 4) is 0 Å². The van der Waals surface area contributed by atoms with Crippen LogP contribution in [0, 0.1) is 0 Å². The zero-order valence-corrected chi connectivity index (χ0v) is 16.5. The molecule has 3 rings (SSSR count). The van der Waals surface area contributed by atoms with E-state index in [2.05, 4.69) is 44.8 Å². The number of carbonyl (C=O) groups is 1. The fraction of sp³-hybridized carbons (Fsp3) is 0.619. The minimum Gasteiger partial charge on any atom is -0.352 e. The van der Waals surface area contributed by atoms with Gasteiger partial charge in [0, 0.05) is 33.2 Å². The van der Waals surface area contributed by atoms with Gasteiger partial charge in [0.25, 0.3) is 0 Å². The molecule has 1 amide bonds. The van der Waals surface area contributed by atoms with Crippen molar-refractivity contribution in [1.82, 2.24) is 20.4 Å². The number of guanidine groups is 1. The summed E-state index contributed by atoms with van der Waals surface area (Å²) >= 11 is 0. The maximum atomic E-state index is 12.2. The van der Waals surface area contributed by atoms with E-state index in [1.165, 1.54) is 43.5 Å². The van der Waals surface area contributed by atoms with E-state index >= 15 is 0 Å². The molecule has 148 valence electrons. The van der Waals surface area contributed by atoms with E-state index in [0.29, 0.717) is 19.0 Å². The van der Waals surface area contributed by atoms with Crippen LogP contribution in [0.1, 0.15) is 43.2 Å². The monoisotopic (exact) mass is 371 g/mol. The lowest BCUT2D eigenvalue weighted by Gasteiger charge is -2.27. The Kier molecular flexibility index (Phi) is 7.51. The van der Waals surface area contributed by atoms with Crippen LogP contribution < -0.4 is 10.6 Å². The summed E-state index contributed by atoms with van der Waals surface area (Å²) in [4.78, 5) is 20.9. The van der Waals surface area contributed by atoms with Crippen molar-refractivity contribution in [3.63, 3.8) is 0 Å². The molecule has 2 aliphatic rings. The number of likely N-dealkylation sites (tertiary alicyclic amines) is 2. The second kappa shape index (κ2) is 10.3. The normalized spacial score (nSPS) is 18.6. The van der Waals surface area contributed by atoms with E-state index in [1.807, 2.05) is 4.90 Å². The van der Waals surface area contributed by atoms with Crippen LogP contribution in [0.3, 0.4) is 0 Å². The summed E-state index contributed by atoms with van der Waals surface area (Å²) < 4.78 is 0. The largest absolute Gasteiger partial charge is 0.352 e. The van der Waals surface area contributed by atoms with Crippen LogP contribution in [0.5, 0.6) is 0 Å². The van der Waals surface area contributed by atoms with E-state index < -0.39 is 0 Å². The topological polar surface area (TPSA) is 60.0 Å². The first-order valence-electron chi connectivity index (χ1n) is 10.3. The predicted octanol–water partition coefficient (Wildman–Crippen LogP) is 1.96. The summed E-state index contributed by atoms with van der Waals surface area (Å²) in [6.45, 7) is 6.26. The maximum Gasteiger partial charge on any atom is 0.241 e. The first-order valence-corrected chi connectivity index (χ1v) is 10.3. The fourth-order valence-corrected chi connectivity index (χ4v) is 3.78. The zero-order chi connectivity index (χ0) is 18.9. The van der Waals surface area contributed by atoms with Gasteiger partial charge in [-0.05, 0) is 56.3 Å². The number of benzene rings is 1. The van der Waals surface area contributed by atoms with Crippen molar-refractivity contribution >= 4 is 11.9 Å². The number of hydrogen-bond donors (Lipinski definition) is 2. The smallest absolute Gasteiger partial charge is 0.241 e. The van der Waals surface area contributed by atoms with Crippen molar-refractivity contribution in [2.24, 2.45) is 4.99 Å². The Morgan fingerprint density at radius 1 is 0.926 bits per heavy atom. The molecule has 2 heterocycles. The molecule has 2 fully saturated rings. The minimum atomic E-state index is 0.156. The molecule has 0 radical (unpaired) electrons. The Hall–Kier alpha value is -2.08. The summed E-state index contributed by atoms with van der Waals surface area (Å²) in [6, 6.07) is 8.77. The Morgan fingerprint density at radius 3 is 2.22 bits per heavy atom. The Bertz CT molecular complexity index is 616. The van der Waals surface area contributed by atoms with Gasteiger partial charge in [-0.25, -0.2) is 0 Å². The molecule has 0 spiro atoms. The summed E-state index contributed by atoms with van der Waals surface area (Å²) in [5.74, 6) is 0.824. The van der Waals surface area contributed by atoms with E-state index in [9.17, 15) is 4.79 Å². The van der Waals surface area contributed by atoms with Crippen LogP contribution in [0.4, 0.5) is 0 Å². The van der Waals surface area contributed by atoms with Gasteiger partial charge in [0.05, 0.1) is 6.54 Å². The van der Waals surface area contributed by atoms with E-state index in [0.717, 1.165) is 32.5 Å². The lowest BCUT2D eigenvalue weighted by atomic mass is 10.1. The van der Waals surface area contributed by atoms with Gasteiger partial charge in [-0.2, -0.15) is 0 Å². The third-order valence-electron chi connectivity index (χ3n) is 5.43. The number of piperidine rings is 1. The van der Waals surface area contributed by atoms with Crippen molar-refractivity contribution in [2.75, 3.05) is 39.8 Å². The molecule has 0 atom stereocenters. The molecule has 1 aromatic carbocycles. The molecule has 2 saturated heterocycles. The first kappa shape index (κ1) is 19.7. The molecule has 2 aliphatic heterocycles. The highest BCUT2D eigenvalue weighted by Crippen LogP contribution is 2.13. The van der Waals surface area contributed by atoms with Gasteiger partial charge in [0.1, 0.15) is 0 Å². The first-order chi connectivity index (χ1) is 13.2. The number of nitrogens with one attached hydrogen (secondary N) is 2. The second-order valence-corrected chi connectivity index (χ2v) is 7.52. The van der Waals surface area contributed by atoms with Crippen molar-refractivity contribution < 1.29 is 4.79 Å². The number of hydrogen-bond acceptors (Lipinski definition) is 3. The molecule has 0 aromatic heterocycles. The van der Waals surface area contributed by atoms with Gasteiger partial charge in [0.15, 0.2) is 5.96 Å². The van der Waals surface area contributed by atoms with Crippen LogP contribution in [-0.4, -0.2) is 61.4 Å². The summed E-state index contributed by atoms with van der Waals surface area (Å²) in [7, 11) is 1.74. The molecule has 0 bridgehead atoms. The molecule has 6 nitrogen and oxygen atoms in total. The van der Waals surface area contributed by atoms with E-state index in [-0.39, 0.29) is 5.91 Å². The molecular weight excluding hydrogens is 338 g/mol. The predicted molar refractivity (Wildman–Crippen MR) is 110 cm³/mol. The van der Waals surface area contributed by atoms with Crippen LogP contribution in [-0.2, 0) is 17.9 Å². The minimum absolute atomic E-state index is 0.156. The molecule has 0 saturated carbocycles. The number of nitrogens with zero attached hydrogens (tertiary/aromatic N) is 3. The molecule has 6 heteroatoms. The third-order valence-corrected chi connectivity index (χ3v) is 5.43. The van der Waals surface area contributed by atoms with Crippen LogP contribution in [0.15, 0.2) is 29.3 Å². The van der Waals surface area contributed by atoms with E-state index in [4.69, 9.17) is 0 Å². The molecule has 2 N–H and O–H groups in total. The standard InChI is InChI=1S/C21H33N5O/c1-22-21(24-16-20(27)26-13-3-2-4-14-26)23-15-18-7-9-19(10-8-18)17-25-11-5-6-12-25/h7-10H,2-6,11-17H2,1H3,(H2,22,23,24). The Morgan fingerprint density at radius 2 is 1.56 bits per heavy atom. The van der Waals surface area contributed by atoms with Crippen molar-refractivity contribution in [3.05, 3.63) is 35.4 Å². The maximum absolute atomic E-state index is 12.2. The number of aliphatic imine (C=N–C) groups is 1. The number of amides is 1. The molecule has 27 heavy (non-hydrogen) atoms. The van der Waals surface area contributed by atoms with Gasteiger partial charge >= 0.3 is 0 Å². The number of carbonyl (C=O) groups excluding carboxylic acids is 1. The van der Waals surface area contributed by atoms with Crippen molar-refractivity contribution in [2.45, 2.75) is 45.2 Å². The third kappa shape index (κ3) is 6.24. The van der Waals surface area contributed by atoms with Gasteiger partial charge in [-0.3, -0.25) is 14.7 Å².